The predicted octanol–water partition coefficient (Wildman–Crippen LogP) is 1.42. The van der Waals surface area contributed by atoms with E-state index in [1.165, 1.54) is 0 Å². The van der Waals surface area contributed by atoms with Gasteiger partial charge in [0, 0.05) is 24.5 Å². The fraction of sp³-hybridized carbons (Fsp3) is 0.556. The van der Waals surface area contributed by atoms with Gasteiger partial charge in [-0.1, -0.05) is 0 Å². The molecule has 0 amide bonds. The summed E-state index contributed by atoms with van der Waals surface area (Å²) in [6, 6.07) is 2.03. The van der Waals surface area contributed by atoms with Gasteiger partial charge in [-0.3, -0.25) is 0 Å². The van der Waals surface area contributed by atoms with Crippen molar-refractivity contribution in [1.82, 2.24) is 10.3 Å². The van der Waals surface area contributed by atoms with Crippen molar-refractivity contribution in [3.8, 4) is 0 Å². The first-order valence-corrected chi connectivity index (χ1v) is 4.20. The van der Waals surface area contributed by atoms with Gasteiger partial charge in [-0.05, 0) is 27.0 Å². The van der Waals surface area contributed by atoms with Gasteiger partial charge in [-0.25, -0.2) is 0 Å². The minimum atomic E-state index is 0.0942. The van der Waals surface area contributed by atoms with Crippen LogP contribution in [0.25, 0.3) is 0 Å². The van der Waals surface area contributed by atoms with Crippen molar-refractivity contribution >= 4 is 5.69 Å². The van der Waals surface area contributed by atoms with Gasteiger partial charge in [0.05, 0.1) is 5.69 Å². The molecule has 12 heavy (non-hydrogen) atoms. The fourth-order valence-corrected chi connectivity index (χ4v) is 1.28. The van der Waals surface area contributed by atoms with Crippen molar-refractivity contribution < 1.29 is 0 Å². The number of aromatic amines is 1. The van der Waals surface area contributed by atoms with Crippen molar-refractivity contribution in [3.63, 3.8) is 0 Å². The Bertz CT molecular complexity index is 214. The third kappa shape index (κ3) is 2.58. The summed E-state index contributed by atoms with van der Waals surface area (Å²) in [5, 5.41) is 6.55. The van der Waals surface area contributed by atoms with Gasteiger partial charge >= 0.3 is 0 Å². The minimum Gasteiger partial charge on any atom is -0.378 e. The summed E-state index contributed by atoms with van der Waals surface area (Å²) < 4.78 is 0. The van der Waals surface area contributed by atoms with E-state index in [0.717, 1.165) is 12.2 Å². The van der Waals surface area contributed by atoms with Crippen molar-refractivity contribution in [2.24, 2.45) is 0 Å². The van der Waals surface area contributed by atoms with Crippen LogP contribution in [0, 0.1) is 0 Å². The van der Waals surface area contributed by atoms with E-state index >= 15 is 0 Å². The molecule has 68 valence electrons. The number of hydrogen-bond acceptors (Lipinski definition) is 2. The second kappa shape index (κ2) is 3.63. The monoisotopic (exact) mass is 167 g/mol. The van der Waals surface area contributed by atoms with E-state index in [9.17, 15) is 0 Å². The zero-order chi connectivity index (χ0) is 9.03. The molecule has 0 unspecified atom stereocenters. The molecule has 0 aliphatic heterocycles. The van der Waals surface area contributed by atoms with Gasteiger partial charge in [0.2, 0.25) is 0 Å². The molecule has 1 rings (SSSR count). The lowest BCUT2D eigenvalue weighted by Crippen LogP contribution is -2.40. The Labute approximate surface area is 73.6 Å². The molecule has 0 radical (unpaired) electrons. The van der Waals surface area contributed by atoms with Gasteiger partial charge in [0.15, 0.2) is 0 Å². The SMILES string of the molecule is CNCC(C)(C)Nc1cc[nH]c1. The summed E-state index contributed by atoms with van der Waals surface area (Å²) in [5.41, 5.74) is 1.23. The first kappa shape index (κ1) is 9.13. The van der Waals surface area contributed by atoms with Crippen LogP contribution in [0.1, 0.15) is 13.8 Å². The highest BCUT2D eigenvalue weighted by Crippen LogP contribution is 2.12. The molecule has 3 nitrogen and oxygen atoms in total. The fourth-order valence-electron chi connectivity index (χ4n) is 1.28. The largest absolute Gasteiger partial charge is 0.378 e. The molecule has 0 spiro atoms. The Morgan fingerprint density at radius 1 is 1.50 bits per heavy atom. The predicted molar refractivity (Wildman–Crippen MR) is 52.4 cm³/mol. The van der Waals surface area contributed by atoms with Crippen LogP contribution in [-0.4, -0.2) is 24.1 Å². The molecule has 0 saturated heterocycles. The lowest BCUT2D eigenvalue weighted by molar-refractivity contribution is 0.531. The maximum Gasteiger partial charge on any atom is 0.0522 e. The summed E-state index contributed by atoms with van der Waals surface area (Å²) in [6.45, 7) is 5.27. The average molecular weight is 167 g/mol. The highest BCUT2D eigenvalue weighted by Gasteiger charge is 2.15. The van der Waals surface area contributed by atoms with E-state index in [4.69, 9.17) is 0 Å². The third-order valence-electron chi connectivity index (χ3n) is 1.70. The van der Waals surface area contributed by atoms with Gasteiger partial charge in [-0.2, -0.15) is 0 Å². The Morgan fingerprint density at radius 3 is 2.75 bits per heavy atom. The van der Waals surface area contributed by atoms with Crippen molar-refractivity contribution in [1.29, 1.82) is 0 Å². The number of anilines is 1. The average Bonchev–Trinajstić information content (AvgIpc) is 2.38. The van der Waals surface area contributed by atoms with E-state index in [2.05, 4.69) is 29.5 Å². The zero-order valence-electron chi connectivity index (χ0n) is 7.94. The Morgan fingerprint density at radius 2 is 2.25 bits per heavy atom. The second-order valence-corrected chi connectivity index (χ2v) is 3.64. The van der Waals surface area contributed by atoms with Gasteiger partial charge < -0.3 is 15.6 Å². The first-order valence-electron chi connectivity index (χ1n) is 4.20. The van der Waals surface area contributed by atoms with Gasteiger partial charge in [0.1, 0.15) is 0 Å². The molecule has 0 aromatic carbocycles. The summed E-state index contributed by atoms with van der Waals surface area (Å²) in [4.78, 5) is 3.01. The van der Waals surface area contributed by atoms with Crippen LogP contribution < -0.4 is 10.6 Å². The molecule has 0 bridgehead atoms. The molecule has 0 atom stereocenters. The van der Waals surface area contributed by atoms with E-state index in [1.54, 1.807) is 0 Å². The van der Waals surface area contributed by atoms with Crippen LogP contribution in [0.15, 0.2) is 18.5 Å². The number of rotatable bonds is 4. The van der Waals surface area contributed by atoms with E-state index < -0.39 is 0 Å². The summed E-state index contributed by atoms with van der Waals surface area (Å²) in [6.07, 6.45) is 3.87. The van der Waals surface area contributed by atoms with Gasteiger partial charge in [0.25, 0.3) is 0 Å². The lowest BCUT2D eigenvalue weighted by Gasteiger charge is -2.26. The van der Waals surface area contributed by atoms with Gasteiger partial charge in [-0.15, -0.1) is 0 Å². The van der Waals surface area contributed by atoms with Crippen molar-refractivity contribution in [3.05, 3.63) is 18.5 Å². The molecule has 0 fully saturated rings. The minimum absolute atomic E-state index is 0.0942. The highest BCUT2D eigenvalue weighted by atomic mass is 15.0. The number of aromatic nitrogens is 1. The van der Waals surface area contributed by atoms with Crippen LogP contribution in [0.2, 0.25) is 0 Å². The molecular formula is C9H17N3. The van der Waals surface area contributed by atoms with E-state index in [0.29, 0.717) is 0 Å². The molecule has 1 aromatic rings. The Kier molecular flexibility index (Phi) is 2.76. The van der Waals surface area contributed by atoms with E-state index in [1.807, 2.05) is 25.5 Å². The maximum absolute atomic E-state index is 3.41. The quantitative estimate of drug-likeness (QED) is 0.634. The molecule has 3 heteroatoms. The summed E-state index contributed by atoms with van der Waals surface area (Å²) in [5.74, 6) is 0. The summed E-state index contributed by atoms with van der Waals surface area (Å²) in [7, 11) is 1.96. The van der Waals surface area contributed by atoms with Crippen molar-refractivity contribution in [2.45, 2.75) is 19.4 Å². The number of H-pyrrole nitrogens is 1. The van der Waals surface area contributed by atoms with Crippen molar-refractivity contribution in [2.75, 3.05) is 18.9 Å². The van der Waals surface area contributed by atoms with Crippen LogP contribution in [-0.2, 0) is 0 Å². The molecular weight excluding hydrogens is 150 g/mol. The standard InChI is InChI=1S/C9H17N3/c1-9(2,7-10-3)12-8-4-5-11-6-8/h4-6,10-12H,7H2,1-3H3. The van der Waals surface area contributed by atoms with Crippen LogP contribution in [0.4, 0.5) is 5.69 Å². The molecule has 0 aliphatic carbocycles. The smallest absolute Gasteiger partial charge is 0.0522 e. The Balaban J connectivity index is 2.50. The Hall–Kier alpha value is -0.960. The van der Waals surface area contributed by atoms with Crippen LogP contribution >= 0.6 is 0 Å². The first-order chi connectivity index (χ1) is 5.64. The number of nitrogens with one attached hydrogen (secondary N) is 3. The lowest BCUT2D eigenvalue weighted by atomic mass is 10.1. The topological polar surface area (TPSA) is 39.8 Å². The molecule has 1 heterocycles. The summed E-state index contributed by atoms with van der Waals surface area (Å²) >= 11 is 0. The van der Waals surface area contributed by atoms with E-state index in [-0.39, 0.29) is 5.54 Å². The molecule has 1 aromatic heterocycles. The molecule has 0 saturated carbocycles. The normalized spacial score (nSPS) is 11.6. The third-order valence-corrected chi connectivity index (χ3v) is 1.70. The maximum atomic E-state index is 3.41. The molecule has 3 N–H and O–H groups in total. The number of hydrogen-bond donors (Lipinski definition) is 3. The highest BCUT2D eigenvalue weighted by molar-refractivity contribution is 5.42. The van der Waals surface area contributed by atoms with Crippen LogP contribution in [0.5, 0.6) is 0 Å². The molecule has 0 aliphatic rings. The number of likely N-dealkylation sites (N-methyl/N-ethyl adjacent to an activating group) is 1. The van der Waals surface area contributed by atoms with Crippen LogP contribution in [0.3, 0.4) is 0 Å². The zero-order valence-corrected chi connectivity index (χ0v) is 7.94. The second-order valence-electron chi connectivity index (χ2n) is 3.64.